The van der Waals surface area contributed by atoms with Crippen molar-refractivity contribution in [1.82, 2.24) is 29.8 Å². The maximum absolute atomic E-state index is 12.9. The second kappa shape index (κ2) is 8.32. The van der Waals surface area contributed by atoms with Gasteiger partial charge in [0.05, 0.1) is 11.4 Å². The van der Waals surface area contributed by atoms with Crippen molar-refractivity contribution in [2.75, 3.05) is 0 Å². The quantitative estimate of drug-likeness (QED) is 0.531. The minimum atomic E-state index is -0.140. The van der Waals surface area contributed by atoms with E-state index in [1.165, 1.54) is 11.3 Å². The lowest BCUT2D eigenvalue weighted by atomic mass is 10.1. The van der Waals surface area contributed by atoms with E-state index in [0.717, 1.165) is 22.8 Å². The summed E-state index contributed by atoms with van der Waals surface area (Å²) in [5, 5.41) is 3.69. The Morgan fingerprint density at radius 3 is 2.62 bits per heavy atom. The van der Waals surface area contributed by atoms with Gasteiger partial charge in [0.15, 0.2) is 10.8 Å². The highest BCUT2D eigenvalue weighted by Gasteiger charge is 2.19. The highest BCUT2D eigenvalue weighted by atomic mass is 32.1. The van der Waals surface area contributed by atoms with Gasteiger partial charge in [0.2, 0.25) is 0 Å². The third-order valence-corrected chi connectivity index (χ3v) is 5.60. The lowest BCUT2D eigenvalue weighted by Crippen LogP contribution is -2.23. The fourth-order valence-electron chi connectivity index (χ4n) is 3.06. The number of benzene rings is 1. The van der Waals surface area contributed by atoms with Gasteiger partial charge < -0.3 is 9.88 Å². The summed E-state index contributed by atoms with van der Waals surface area (Å²) in [4.78, 5) is 30.8. The van der Waals surface area contributed by atoms with Gasteiger partial charge in [0, 0.05) is 31.3 Å². The highest BCUT2D eigenvalue weighted by Crippen LogP contribution is 2.26. The van der Waals surface area contributed by atoms with Crippen molar-refractivity contribution in [2.24, 2.45) is 0 Å². The molecule has 1 aromatic carbocycles. The Morgan fingerprint density at radius 1 is 1.10 bits per heavy atom. The summed E-state index contributed by atoms with van der Waals surface area (Å²) in [7, 11) is 0. The van der Waals surface area contributed by atoms with Gasteiger partial charge in [-0.3, -0.25) is 4.79 Å². The number of nitrogens with one attached hydrogen (secondary N) is 1. The first kappa shape index (κ1) is 18.9. The normalized spacial score (nSPS) is 10.8. The molecule has 0 spiro atoms. The summed E-state index contributed by atoms with van der Waals surface area (Å²) >= 11 is 1.32. The number of rotatable bonds is 6. The third kappa shape index (κ3) is 3.93. The first-order chi connectivity index (χ1) is 14.2. The van der Waals surface area contributed by atoms with Crippen molar-refractivity contribution in [1.29, 1.82) is 0 Å². The average Bonchev–Trinajstić information content (AvgIpc) is 3.39. The van der Waals surface area contributed by atoms with Crippen LogP contribution < -0.4 is 5.32 Å². The molecular weight excluding hydrogens is 384 g/mol. The van der Waals surface area contributed by atoms with Gasteiger partial charge in [-0.25, -0.2) is 19.9 Å². The Balaban J connectivity index is 1.56. The lowest BCUT2D eigenvalue weighted by molar-refractivity contribution is 0.0954. The summed E-state index contributed by atoms with van der Waals surface area (Å²) in [6, 6.07) is 9.72. The number of carbonyl (C=O) groups excluding carboxylic acids is 1. The van der Waals surface area contributed by atoms with E-state index >= 15 is 0 Å². The van der Waals surface area contributed by atoms with E-state index in [0.29, 0.717) is 28.7 Å². The van der Waals surface area contributed by atoms with E-state index in [1.54, 1.807) is 24.7 Å². The second-order valence-electron chi connectivity index (χ2n) is 6.38. The van der Waals surface area contributed by atoms with E-state index < -0.39 is 0 Å². The Kier molecular flexibility index (Phi) is 5.44. The number of hydrogen-bond donors (Lipinski definition) is 1. The maximum atomic E-state index is 12.9. The minimum absolute atomic E-state index is 0.140. The molecule has 0 aliphatic carbocycles. The summed E-state index contributed by atoms with van der Waals surface area (Å²) in [5.74, 6) is 1.29. The molecule has 29 heavy (non-hydrogen) atoms. The topological polar surface area (TPSA) is 85.6 Å². The number of aromatic nitrogens is 5. The SMILES string of the molecule is CCc1nc(-c2ncccn2)sc1C(=O)NCc1ccccc1-n1ccnc1C. The monoisotopic (exact) mass is 404 g/mol. The van der Waals surface area contributed by atoms with Gasteiger partial charge in [-0.1, -0.05) is 25.1 Å². The van der Waals surface area contributed by atoms with Gasteiger partial charge in [0.25, 0.3) is 5.91 Å². The summed E-state index contributed by atoms with van der Waals surface area (Å²) in [6.45, 7) is 4.34. The Bertz CT molecular complexity index is 1140. The molecule has 0 fully saturated rings. The van der Waals surface area contributed by atoms with Gasteiger partial charge in [-0.2, -0.15) is 0 Å². The highest BCUT2D eigenvalue weighted by molar-refractivity contribution is 7.17. The van der Waals surface area contributed by atoms with E-state index in [9.17, 15) is 4.79 Å². The molecule has 0 saturated heterocycles. The molecule has 8 heteroatoms. The lowest BCUT2D eigenvalue weighted by Gasteiger charge is -2.12. The average molecular weight is 404 g/mol. The molecule has 146 valence electrons. The van der Waals surface area contributed by atoms with Crippen molar-refractivity contribution in [3.8, 4) is 16.5 Å². The Morgan fingerprint density at radius 2 is 1.90 bits per heavy atom. The van der Waals surface area contributed by atoms with Gasteiger partial charge in [0.1, 0.15) is 10.7 Å². The number of aryl methyl sites for hydroxylation is 2. The number of nitrogens with zero attached hydrogens (tertiary/aromatic N) is 5. The van der Waals surface area contributed by atoms with Crippen LogP contribution in [0.3, 0.4) is 0 Å². The zero-order valence-electron chi connectivity index (χ0n) is 16.2. The van der Waals surface area contributed by atoms with Crippen LogP contribution in [-0.2, 0) is 13.0 Å². The van der Waals surface area contributed by atoms with Gasteiger partial charge in [-0.05, 0) is 31.0 Å². The number of hydrogen-bond acceptors (Lipinski definition) is 6. The molecule has 0 aliphatic heterocycles. The molecule has 4 aromatic rings. The van der Waals surface area contributed by atoms with Crippen LogP contribution in [0, 0.1) is 6.92 Å². The Hall–Kier alpha value is -3.39. The zero-order valence-corrected chi connectivity index (χ0v) is 17.0. The third-order valence-electron chi connectivity index (χ3n) is 4.51. The fourth-order valence-corrected chi connectivity index (χ4v) is 4.08. The maximum Gasteiger partial charge on any atom is 0.263 e. The van der Waals surface area contributed by atoms with Crippen molar-refractivity contribution in [2.45, 2.75) is 26.8 Å². The van der Waals surface area contributed by atoms with Crippen molar-refractivity contribution < 1.29 is 4.79 Å². The summed E-state index contributed by atoms with van der Waals surface area (Å²) in [5.41, 5.74) is 2.77. The largest absolute Gasteiger partial charge is 0.347 e. The van der Waals surface area contributed by atoms with Crippen molar-refractivity contribution in [3.63, 3.8) is 0 Å². The van der Waals surface area contributed by atoms with Crippen LogP contribution >= 0.6 is 11.3 Å². The van der Waals surface area contributed by atoms with E-state index in [-0.39, 0.29) is 5.91 Å². The molecule has 0 saturated carbocycles. The number of para-hydroxylation sites is 1. The summed E-state index contributed by atoms with van der Waals surface area (Å²) in [6.07, 6.45) is 7.69. The molecule has 1 N–H and O–H groups in total. The van der Waals surface area contributed by atoms with E-state index in [4.69, 9.17) is 0 Å². The number of thiazole rings is 1. The number of amides is 1. The molecule has 1 amide bonds. The van der Waals surface area contributed by atoms with Gasteiger partial charge in [-0.15, -0.1) is 11.3 Å². The first-order valence-electron chi connectivity index (χ1n) is 9.31. The smallest absolute Gasteiger partial charge is 0.263 e. The molecule has 0 radical (unpaired) electrons. The van der Waals surface area contributed by atoms with Crippen LogP contribution in [0.5, 0.6) is 0 Å². The van der Waals surface area contributed by atoms with Crippen LogP contribution in [0.2, 0.25) is 0 Å². The molecule has 0 aliphatic rings. The minimum Gasteiger partial charge on any atom is -0.347 e. The Labute approximate surface area is 172 Å². The number of imidazole rings is 1. The van der Waals surface area contributed by atoms with E-state index in [1.807, 2.05) is 48.9 Å². The van der Waals surface area contributed by atoms with Crippen LogP contribution in [0.4, 0.5) is 0 Å². The van der Waals surface area contributed by atoms with Gasteiger partial charge >= 0.3 is 0 Å². The molecule has 0 atom stereocenters. The van der Waals surface area contributed by atoms with Crippen LogP contribution in [0.25, 0.3) is 16.5 Å². The zero-order chi connectivity index (χ0) is 20.2. The molecule has 3 aromatic heterocycles. The molecule has 4 rings (SSSR count). The molecule has 0 unspecified atom stereocenters. The fraction of sp³-hybridized carbons (Fsp3) is 0.190. The van der Waals surface area contributed by atoms with Crippen LogP contribution in [-0.4, -0.2) is 30.4 Å². The van der Waals surface area contributed by atoms with Crippen LogP contribution in [0.1, 0.15) is 33.7 Å². The second-order valence-corrected chi connectivity index (χ2v) is 7.38. The van der Waals surface area contributed by atoms with Crippen molar-refractivity contribution in [3.05, 3.63) is 77.1 Å². The predicted octanol–water partition coefficient (Wildman–Crippen LogP) is 3.59. The first-order valence-corrected chi connectivity index (χ1v) is 10.1. The molecule has 3 heterocycles. The molecule has 0 bridgehead atoms. The van der Waals surface area contributed by atoms with Crippen molar-refractivity contribution >= 4 is 17.2 Å². The molecule has 7 nitrogen and oxygen atoms in total. The summed E-state index contributed by atoms with van der Waals surface area (Å²) < 4.78 is 2.01. The standard InChI is InChI=1S/C21H20N6OS/c1-3-16-18(29-21(26-16)19-23-9-6-10-24-19)20(28)25-13-15-7-4-5-8-17(15)27-12-11-22-14(27)2/h4-12H,3,13H2,1-2H3,(H,25,28). The number of carbonyl (C=O) groups is 1. The molecular formula is C21H20N6OS. The van der Waals surface area contributed by atoms with E-state index in [2.05, 4.69) is 25.3 Å². The predicted molar refractivity (Wildman–Crippen MR) is 112 cm³/mol. The van der Waals surface area contributed by atoms with Crippen LogP contribution in [0.15, 0.2) is 55.1 Å².